The van der Waals surface area contributed by atoms with Crippen LogP contribution in [0.4, 0.5) is 26.3 Å². The topological polar surface area (TPSA) is 30.5 Å². The molecule has 9 heteroatoms. The first-order valence-corrected chi connectivity index (χ1v) is 6.25. The van der Waals surface area contributed by atoms with Crippen LogP contribution in [0.15, 0.2) is 0 Å². The van der Waals surface area contributed by atoms with Crippen LogP contribution in [0.25, 0.3) is 0 Å². The van der Waals surface area contributed by atoms with E-state index in [-0.39, 0.29) is 19.1 Å². The molecule has 0 aromatic rings. The fraction of sp³-hybridized carbons (Fsp3) is 1.00. The number of nitrogens with one attached hydrogen (secondary N) is 1. The van der Waals surface area contributed by atoms with Gasteiger partial charge in [-0.25, -0.2) is 0 Å². The Morgan fingerprint density at radius 3 is 2.05 bits per heavy atom. The Labute approximate surface area is 112 Å². The highest BCUT2D eigenvalue weighted by molar-refractivity contribution is 4.98. The van der Waals surface area contributed by atoms with Crippen LogP contribution in [0.2, 0.25) is 0 Å². The van der Waals surface area contributed by atoms with Crippen molar-refractivity contribution in [3.8, 4) is 0 Å². The van der Waals surface area contributed by atoms with Crippen molar-refractivity contribution in [1.82, 2.24) is 5.32 Å². The minimum absolute atomic E-state index is 0.0567. The molecule has 0 aromatic heterocycles. The van der Waals surface area contributed by atoms with E-state index < -0.39 is 30.7 Å². The molecular formula is C11H17F6NO2. The molecule has 0 bridgehead atoms. The molecule has 20 heavy (non-hydrogen) atoms. The second-order valence-corrected chi connectivity index (χ2v) is 4.46. The van der Waals surface area contributed by atoms with E-state index in [0.29, 0.717) is 6.54 Å². The van der Waals surface area contributed by atoms with Crippen LogP contribution in [-0.4, -0.2) is 49.9 Å². The smallest absolute Gasteiger partial charge is 0.374 e. The number of rotatable bonds is 6. The highest BCUT2D eigenvalue weighted by atomic mass is 19.4. The van der Waals surface area contributed by atoms with E-state index in [1.807, 2.05) is 0 Å². The fourth-order valence-electron chi connectivity index (χ4n) is 2.11. The zero-order valence-electron chi connectivity index (χ0n) is 11.0. The normalized spacial score (nSPS) is 27.8. The minimum atomic E-state index is -5.49. The van der Waals surface area contributed by atoms with Crippen LogP contribution in [0.1, 0.15) is 20.3 Å². The minimum Gasteiger partial charge on any atom is -0.374 e. The molecule has 0 radical (unpaired) electrons. The lowest BCUT2D eigenvalue weighted by Gasteiger charge is -2.45. The third-order valence-electron chi connectivity index (χ3n) is 2.98. The molecular weight excluding hydrogens is 292 g/mol. The van der Waals surface area contributed by atoms with Gasteiger partial charge in [0.05, 0.1) is 12.2 Å². The van der Waals surface area contributed by atoms with Gasteiger partial charge in [-0.15, -0.1) is 0 Å². The van der Waals surface area contributed by atoms with Crippen molar-refractivity contribution in [2.75, 3.05) is 13.2 Å². The Balaban J connectivity index is 2.70. The maximum atomic E-state index is 12.4. The highest BCUT2D eigenvalue weighted by Crippen LogP contribution is 2.39. The molecule has 3 nitrogen and oxygen atoms in total. The van der Waals surface area contributed by atoms with Crippen molar-refractivity contribution < 1.29 is 35.8 Å². The summed E-state index contributed by atoms with van der Waals surface area (Å²) in [7, 11) is 0. The fourth-order valence-corrected chi connectivity index (χ4v) is 2.11. The van der Waals surface area contributed by atoms with Crippen molar-refractivity contribution in [1.29, 1.82) is 0 Å². The van der Waals surface area contributed by atoms with Gasteiger partial charge in [0.25, 0.3) is 0 Å². The average molecular weight is 309 g/mol. The van der Waals surface area contributed by atoms with E-state index in [4.69, 9.17) is 4.74 Å². The summed E-state index contributed by atoms with van der Waals surface area (Å²) in [5.41, 5.74) is 0. The van der Waals surface area contributed by atoms with Crippen molar-refractivity contribution in [2.24, 2.45) is 0 Å². The molecule has 3 atom stereocenters. The molecule has 1 N–H and O–H groups in total. The van der Waals surface area contributed by atoms with Gasteiger partial charge in [0.2, 0.25) is 6.10 Å². The molecule has 1 saturated carbocycles. The summed E-state index contributed by atoms with van der Waals surface area (Å²) < 4.78 is 83.8. The molecule has 1 rings (SSSR count). The van der Waals surface area contributed by atoms with Gasteiger partial charge >= 0.3 is 12.4 Å². The van der Waals surface area contributed by atoms with E-state index in [1.54, 1.807) is 13.8 Å². The number of hydrogen-bond acceptors (Lipinski definition) is 3. The summed E-state index contributed by atoms with van der Waals surface area (Å²) in [4.78, 5) is 0. The predicted octanol–water partition coefficient (Wildman–Crippen LogP) is 2.65. The van der Waals surface area contributed by atoms with Gasteiger partial charge in [-0.1, -0.05) is 6.92 Å². The lowest BCUT2D eigenvalue weighted by Crippen LogP contribution is -2.62. The van der Waals surface area contributed by atoms with Crippen LogP contribution in [0, 0.1) is 0 Å². The predicted molar refractivity (Wildman–Crippen MR) is 58.3 cm³/mol. The monoisotopic (exact) mass is 309 g/mol. The first kappa shape index (κ1) is 17.5. The van der Waals surface area contributed by atoms with Gasteiger partial charge in [-0.2, -0.15) is 26.3 Å². The second kappa shape index (κ2) is 6.48. The quantitative estimate of drug-likeness (QED) is 0.765. The average Bonchev–Trinajstić information content (AvgIpc) is 2.26. The summed E-state index contributed by atoms with van der Waals surface area (Å²) in [6.07, 6.45) is -16.7. The maximum Gasteiger partial charge on any atom is 0.423 e. The largest absolute Gasteiger partial charge is 0.423 e. The molecule has 3 unspecified atom stereocenters. The molecule has 0 amide bonds. The zero-order chi connectivity index (χ0) is 15.6. The molecule has 0 saturated heterocycles. The van der Waals surface area contributed by atoms with Gasteiger partial charge in [0, 0.05) is 12.6 Å². The number of halogens is 6. The molecule has 120 valence electrons. The highest BCUT2D eigenvalue weighted by Gasteiger charge is 2.60. The molecule has 0 aliphatic heterocycles. The Hall–Kier alpha value is -0.540. The van der Waals surface area contributed by atoms with Gasteiger partial charge < -0.3 is 14.8 Å². The van der Waals surface area contributed by atoms with E-state index >= 15 is 0 Å². The third kappa shape index (κ3) is 4.23. The van der Waals surface area contributed by atoms with Crippen molar-refractivity contribution in [2.45, 2.75) is 57.0 Å². The zero-order valence-corrected chi connectivity index (χ0v) is 11.0. The molecule has 1 aliphatic carbocycles. The Morgan fingerprint density at radius 1 is 1.10 bits per heavy atom. The van der Waals surface area contributed by atoms with Gasteiger partial charge in [-0.05, 0) is 19.9 Å². The van der Waals surface area contributed by atoms with E-state index in [2.05, 4.69) is 10.1 Å². The van der Waals surface area contributed by atoms with Gasteiger partial charge in [0.15, 0.2) is 0 Å². The lowest BCUT2D eigenvalue weighted by molar-refractivity contribution is -0.345. The summed E-state index contributed by atoms with van der Waals surface area (Å²) >= 11 is 0. The summed E-state index contributed by atoms with van der Waals surface area (Å²) in [5.74, 6) is 0. The van der Waals surface area contributed by atoms with Crippen LogP contribution in [-0.2, 0) is 9.47 Å². The van der Waals surface area contributed by atoms with E-state index in [1.165, 1.54) is 0 Å². The van der Waals surface area contributed by atoms with Crippen molar-refractivity contribution in [3.05, 3.63) is 0 Å². The number of ether oxygens (including phenoxy) is 2. The SMILES string of the molecule is CCNC1CC(OC(C(F)(F)F)C(F)(F)F)C1OCC. The number of hydrogen-bond donors (Lipinski definition) is 1. The van der Waals surface area contributed by atoms with Crippen LogP contribution < -0.4 is 5.32 Å². The molecule has 1 aliphatic rings. The molecule has 0 heterocycles. The first-order valence-electron chi connectivity index (χ1n) is 6.25. The maximum absolute atomic E-state index is 12.4. The molecule has 0 aromatic carbocycles. The van der Waals surface area contributed by atoms with Gasteiger partial charge in [-0.3, -0.25) is 0 Å². The third-order valence-corrected chi connectivity index (χ3v) is 2.98. The van der Waals surface area contributed by atoms with Gasteiger partial charge in [0.1, 0.15) is 0 Å². The van der Waals surface area contributed by atoms with Crippen molar-refractivity contribution >= 4 is 0 Å². The lowest BCUT2D eigenvalue weighted by atomic mass is 9.85. The Morgan fingerprint density at radius 2 is 1.65 bits per heavy atom. The number of alkyl halides is 6. The van der Waals surface area contributed by atoms with Crippen LogP contribution in [0.5, 0.6) is 0 Å². The first-order chi connectivity index (χ1) is 9.11. The molecule has 1 fully saturated rings. The van der Waals surface area contributed by atoms with Crippen molar-refractivity contribution in [3.63, 3.8) is 0 Å². The van der Waals surface area contributed by atoms with Crippen LogP contribution >= 0.6 is 0 Å². The Kier molecular flexibility index (Phi) is 5.68. The van der Waals surface area contributed by atoms with E-state index in [9.17, 15) is 26.3 Å². The van der Waals surface area contributed by atoms with Crippen LogP contribution in [0.3, 0.4) is 0 Å². The van der Waals surface area contributed by atoms with E-state index in [0.717, 1.165) is 0 Å². The summed E-state index contributed by atoms with van der Waals surface area (Å²) in [6.45, 7) is 4.13. The Bertz CT molecular complexity index is 292. The standard InChI is InChI=1S/C11H17F6NO2/c1-3-18-6-5-7(8(6)19-4-2)20-9(10(12,13)14)11(15,16)17/h6-9,18H,3-5H2,1-2H3. The molecule has 0 spiro atoms. The second-order valence-electron chi connectivity index (χ2n) is 4.46. The summed E-state index contributed by atoms with van der Waals surface area (Å²) in [5, 5.41) is 2.93. The number of likely N-dealkylation sites (N-methyl/N-ethyl adjacent to an activating group) is 1. The summed E-state index contributed by atoms with van der Waals surface area (Å²) in [6, 6.07) is -0.285.